The molecule has 0 saturated heterocycles. The monoisotopic (exact) mass is 245 g/mol. The fourth-order valence-corrected chi connectivity index (χ4v) is 0. The number of hydrogen-bond acceptors (Lipinski definition) is 5. The summed E-state index contributed by atoms with van der Waals surface area (Å²) >= 11 is -3.94. The van der Waals surface area contributed by atoms with Crippen LogP contribution < -0.4 is 17.4 Å². The van der Waals surface area contributed by atoms with Gasteiger partial charge in [0.15, 0.2) is 0 Å². The molecule has 0 aliphatic heterocycles. The summed E-state index contributed by atoms with van der Waals surface area (Å²) < 4.78 is 25.7. The Bertz CT molecular complexity index is 59.2. The van der Waals surface area contributed by atoms with Gasteiger partial charge in [-0.1, -0.05) is 0 Å². The Hall–Kier alpha value is 0.428. The fourth-order valence-electron chi connectivity index (χ4n) is 0. The second-order valence-electron chi connectivity index (χ2n) is 0.715. The number of carboxylic acids is 1. The van der Waals surface area contributed by atoms with Gasteiger partial charge < -0.3 is 9.90 Å². The molecule has 0 aromatic rings. The SMILES string of the molecule is CC(=O)[O-].[Cu+4].[O-][As]([O-])[O-]. The summed E-state index contributed by atoms with van der Waals surface area (Å²) in [6.07, 6.45) is 0. The van der Waals surface area contributed by atoms with Crippen molar-refractivity contribution >= 4 is 21.6 Å². The predicted octanol–water partition coefficient (Wildman–Crippen LogP) is -5.19. The molecule has 0 heterocycles. The van der Waals surface area contributed by atoms with E-state index in [1.54, 1.807) is 0 Å². The van der Waals surface area contributed by atoms with Crippen molar-refractivity contribution in [3.05, 3.63) is 0 Å². The van der Waals surface area contributed by atoms with Gasteiger partial charge in [-0.05, 0) is 6.92 Å². The first-order chi connectivity index (χ1) is 3.46. The van der Waals surface area contributed by atoms with E-state index in [1.807, 2.05) is 0 Å². The minimum atomic E-state index is -3.94. The molecule has 0 bridgehead atoms. The van der Waals surface area contributed by atoms with E-state index in [-0.39, 0.29) is 17.1 Å². The molecule has 0 aromatic carbocycles. The predicted molar refractivity (Wildman–Crippen MR) is 16.4 cm³/mol. The second-order valence-corrected chi connectivity index (χ2v) is 1.65. The van der Waals surface area contributed by atoms with Crippen LogP contribution in [0, 0.1) is 0 Å². The van der Waals surface area contributed by atoms with Gasteiger partial charge in [0.25, 0.3) is 0 Å². The van der Waals surface area contributed by atoms with Crippen molar-refractivity contribution in [2.45, 2.75) is 6.92 Å². The fraction of sp³-hybridized carbons (Fsp3) is 0.500. The number of aliphatic carboxylic acids is 1. The van der Waals surface area contributed by atoms with E-state index in [1.165, 1.54) is 0 Å². The molecule has 7 heteroatoms. The van der Waals surface area contributed by atoms with Crippen molar-refractivity contribution in [3.63, 3.8) is 0 Å². The minimum absolute atomic E-state index is 0. The molecule has 5 nitrogen and oxygen atoms in total. The number of carbonyl (C=O) groups is 1. The Balaban J connectivity index is -0.0000000720. The summed E-state index contributed by atoms with van der Waals surface area (Å²) in [6, 6.07) is 0. The first-order valence-corrected chi connectivity index (χ1v) is 3.75. The third-order valence-corrected chi connectivity index (χ3v) is 0. The third-order valence-electron chi connectivity index (χ3n) is 0. The Morgan fingerprint density at radius 2 is 1.33 bits per heavy atom. The molecule has 1 radical (unpaired) electrons. The first kappa shape index (κ1) is 16.2. The number of carbonyl (C=O) groups excluding carboxylic acids is 1. The maximum atomic E-state index is 8.89. The van der Waals surface area contributed by atoms with E-state index in [4.69, 9.17) is 22.2 Å². The van der Waals surface area contributed by atoms with Crippen molar-refractivity contribution in [3.8, 4) is 0 Å². The van der Waals surface area contributed by atoms with Crippen molar-refractivity contribution in [2.24, 2.45) is 0 Å². The molecule has 0 atom stereocenters. The zero-order valence-electron chi connectivity index (χ0n) is 4.29. The molecule has 0 fully saturated rings. The van der Waals surface area contributed by atoms with Crippen LogP contribution in [-0.2, 0) is 21.9 Å². The Labute approximate surface area is 68.1 Å². The van der Waals surface area contributed by atoms with E-state index >= 15 is 0 Å². The van der Waals surface area contributed by atoms with Crippen LogP contribution in [0.5, 0.6) is 0 Å². The number of rotatable bonds is 0. The van der Waals surface area contributed by atoms with Gasteiger partial charge in [-0.2, -0.15) is 0 Å². The molecule has 0 saturated carbocycles. The van der Waals surface area contributed by atoms with Gasteiger partial charge in [0.1, 0.15) is 0 Å². The van der Waals surface area contributed by atoms with Crippen LogP contribution in [0.3, 0.4) is 0 Å². The molecule has 0 amide bonds. The molecular formula is C2H3AsCuO5. The molecular weight excluding hydrogens is 242 g/mol. The van der Waals surface area contributed by atoms with Crippen molar-refractivity contribution < 1.29 is 39.3 Å². The number of carboxylic acid groups (broad SMARTS) is 1. The molecule has 0 aliphatic rings. The molecule has 9 heavy (non-hydrogen) atoms. The average Bonchev–Trinajstić information content (AvgIpc) is 1.25. The van der Waals surface area contributed by atoms with Crippen LogP contribution in [-0.4, -0.2) is 21.6 Å². The molecule has 0 N–H and O–H groups in total. The zero-order valence-corrected chi connectivity index (χ0v) is 7.11. The molecule has 0 aromatic heterocycles. The molecule has 0 spiro atoms. The molecule has 57 valence electrons. The standard InChI is InChI=1S/C2H4O2.AsO3.Cu/c1-2(3)4;2-1(3)4;/h1H3,(H,3,4);;/q;-3;+4/p-1. The van der Waals surface area contributed by atoms with Crippen LogP contribution in [0.25, 0.3) is 0 Å². The van der Waals surface area contributed by atoms with Gasteiger partial charge >= 0.3 is 45.0 Å². The van der Waals surface area contributed by atoms with Crippen LogP contribution >= 0.6 is 0 Å². The van der Waals surface area contributed by atoms with E-state index in [0.717, 1.165) is 6.92 Å². The summed E-state index contributed by atoms with van der Waals surface area (Å²) in [5, 5.41) is 8.89. The van der Waals surface area contributed by atoms with Gasteiger partial charge in [0, 0.05) is 5.97 Å². The summed E-state index contributed by atoms with van der Waals surface area (Å²) in [4.78, 5) is 8.89. The van der Waals surface area contributed by atoms with Crippen molar-refractivity contribution in [1.82, 2.24) is 0 Å². The van der Waals surface area contributed by atoms with Gasteiger partial charge in [0.2, 0.25) is 0 Å². The van der Waals surface area contributed by atoms with E-state index in [2.05, 4.69) is 0 Å². The molecule has 0 unspecified atom stereocenters. The average molecular weight is 246 g/mol. The summed E-state index contributed by atoms with van der Waals surface area (Å²) in [5.74, 6) is -1.08. The van der Waals surface area contributed by atoms with Crippen molar-refractivity contribution in [1.29, 1.82) is 0 Å². The Morgan fingerprint density at radius 3 is 1.33 bits per heavy atom. The summed E-state index contributed by atoms with van der Waals surface area (Å²) in [5.41, 5.74) is 0. The van der Waals surface area contributed by atoms with E-state index in [0.29, 0.717) is 0 Å². The third kappa shape index (κ3) is 1900. The van der Waals surface area contributed by atoms with Gasteiger partial charge in [0.05, 0.1) is 0 Å². The molecule has 0 rings (SSSR count). The quantitative estimate of drug-likeness (QED) is 0.396. The van der Waals surface area contributed by atoms with Crippen molar-refractivity contribution in [2.75, 3.05) is 0 Å². The zero-order chi connectivity index (χ0) is 7.15. The summed E-state index contributed by atoms with van der Waals surface area (Å²) in [7, 11) is 0. The van der Waals surface area contributed by atoms with E-state index < -0.39 is 21.6 Å². The second kappa shape index (κ2) is 11.3. The van der Waals surface area contributed by atoms with Gasteiger partial charge in [-0.25, -0.2) is 0 Å². The van der Waals surface area contributed by atoms with Gasteiger partial charge in [-0.15, -0.1) is 0 Å². The molecule has 0 aliphatic carbocycles. The van der Waals surface area contributed by atoms with Gasteiger partial charge in [-0.3, -0.25) is 0 Å². The van der Waals surface area contributed by atoms with Crippen LogP contribution in [0.4, 0.5) is 0 Å². The van der Waals surface area contributed by atoms with Crippen LogP contribution in [0.15, 0.2) is 0 Å². The maximum absolute atomic E-state index is 8.89. The topological polar surface area (TPSA) is 109 Å². The summed E-state index contributed by atoms with van der Waals surface area (Å²) in [6.45, 7) is 0.972. The van der Waals surface area contributed by atoms with Crippen LogP contribution in [0.2, 0.25) is 0 Å². The van der Waals surface area contributed by atoms with Crippen LogP contribution in [0.1, 0.15) is 6.92 Å². The number of hydrogen-bond donors (Lipinski definition) is 0. The Kier molecular flexibility index (Phi) is 20.3. The normalized spacial score (nSPS) is 6.78. The Morgan fingerprint density at radius 1 is 1.33 bits per heavy atom. The first-order valence-electron chi connectivity index (χ1n) is 1.46. The van der Waals surface area contributed by atoms with E-state index in [9.17, 15) is 0 Å².